The van der Waals surface area contributed by atoms with Crippen molar-refractivity contribution in [3.05, 3.63) is 35.9 Å². The van der Waals surface area contributed by atoms with Crippen LogP contribution in [-0.2, 0) is 16.1 Å². The zero-order chi connectivity index (χ0) is 15.7. The summed E-state index contributed by atoms with van der Waals surface area (Å²) in [5.74, 6) is 1.39. The Hall–Kier alpha value is -1.35. The van der Waals surface area contributed by atoms with Gasteiger partial charge in [-0.25, -0.2) is 0 Å². The predicted octanol–water partition coefficient (Wildman–Crippen LogP) is 3.49. The van der Waals surface area contributed by atoms with Crippen molar-refractivity contribution in [1.82, 2.24) is 4.90 Å². The van der Waals surface area contributed by atoms with Crippen LogP contribution in [0.15, 0.2) is 30.3 Å². The third-order valence-electron chi connectivity index (χ3n) is 4.71. The number of nitrogens with zero attached hydrogens (tertiary/aromatic N) is 1. The van der Waals surface area contributed by atoms with E-state index in [0.29, 0.717) is 11.8 Å². The molecule has 2 fully saturated rings. The van der Waals surface area contributed by atoms with Crippen molar-refractivity contribution < 1.29 is 9.53 Å². The van der Waals surface area contributed by atoms with Gasteiger partial charge in [0.2, 0.25) is 0 Å². The van der Waals surface area contributed by atoms with Gasteiger partial charge in [0.25, 0.3) is 0 Å². The van der Waals surface area contributed by atoms with E-state index in [4.69, 9.17) is 4.74 Å². The number of carbonyl (C=O) groups is 1. The Kier molecular flexibility index (Phi) is 4.26. The molecule has 0 bridgehead atoms. The highest BCUT2D eigenvalue weighted by Crippen LogP contribution is 2.48. The molecule has 3 nitrogen and oxygen atoms in total. The van der Waals surface area contributed by atoms with Crippen LogP contribution < -0.4 is 0 Å². The SMILES string of the molecule is CC(C)(C)OC(=O)[C@H]1C[C@@H]1C1CCN(Cc2ccccc2)C1. The molecule has 0 aromatic heterocycles. The second-order valence-electron chi connectivity index (χ2n) is 7.81. The zero-order valence-corrected chi connectivity index (χ0v) is 13.9. The van der Waals surface area contributed by atoms with Crippen LogP contribution in [0, 0.1) is 17.8 Å². The van der Waals surface area contributed by atoms with Gasteiger partial charge < -0.3 is 4.74 Å². The smallest absolute Gasteiger partial charge is 0.309 e. The van der Waals surface area contributed by atoms with E-state index in [1.165, 1.54) is 12.0 Å². The third kappa shape index (κ3) is 3.89. The molecular weight excluding hydrogens is 274 g/mol. The van der Waals surface area contributed by atoms with Crippen LogP contribution in [0.2, 0.25) is 0 Å². The van der Waals surface area contributed by atoms with Crippen molar-refractivity contribution >= 4 is 5.97 Å². The van der Waals surface area contributed by atoms with E-state index < -0.39 is 0 Å². The van der Waals surface area contributed by atoms with Crippen LogP contribution in [0.25, 0.3) is 0 Å². The minimum atomic E-state index is -0.362. The molecule has 120 valence electrons. The quantitative estimate of drug-likeness (QED) is 0.797. The number of esters is 1. The van der Waals surface area contributed by atoms with Gasteiger partial charge >= 0.3 is 5.97 Å². The van der Waals surface area contributed by atoms with Crippen molar-refractivity contribution in [3.8, 4) is 0 Å². The maximum atomic E-state index is 12.1. The molecule has 3 rings (SSSR count). The molecule has 1 aliphatic heterocycles. The molecule has 22 heavy (non-hydrogen) atoms. The number of rotatable bonds is 4. The van der Waals surface area contributed by atoms with Crippen LogP contribution in [0.4, 0.5) is 0 Å². The molecule has 1 saturated carbocycles. The maximum absolute atomic E-state index is 12.1. The molecule has 0 radical (unpaired) electrons. The second-order valence-corrected chi connectivity index (χ2v) is 7.81. The first-order chi connectivity index (χ1) is 10.4. The molecule has 1 unspecified atom stereocenters. The fourth-order valence-corrected chi connectivity index (χ4v) is 3.58. The van der Waals surface area contributed by atoms with Crippen molar-refractivity contribution in [2.24, 2.45) is 17.8 Å². The predicted molar refractivity (Wildman–Crippen MR) is 87.3 cm³/mol. The normalized spacial score (nSPS) is 28.6. The first kappa shape index (κ1) is 15.5. The molecule has 0 spiro atoms. The fraction of sp³-hybridized carbons (Fsp3) is 0.632. The molecule has 1 aromatic rings. The first-order valence-corrected chi connectivity index (χ1v) is 8.41. The van der Waals surface area contributed by atoms with E-state index in [2.05, 4.69) is 35.2 Å². The van der Waals surface area contributed by atoms with Crippen LogP contribution in [-0.4, -0.2) is 29.6 Å². The summed E-state index contributed by atoms with van der Waals surface area (Å²) < 4.78 is 5.52. The largest absolute Gasteiger partial charge is 0.460 e. The van der Waals surface area contributed by atoms with Gasteiger partial charge in [-0.1, -0.05) is 30.3 Å². The molecular formula is C19H27NO2. The van der Waals surface area contributed by atoms with Gasteiger partial charge in [-0.15, -0.1) is 0 Å². The Balaban J connectivity index is 1.47. The summed E-state index contributed by atoms with van der Waals surface area (Å²) in [5, 5.41) is 0. The average molecular weight is 301 g/mol. The Morgan fingerprint density at radius 1 is 1.27 bits per heavy atom. The summed E-state index contributed by atoms with van der Waals surface area (Å²) in [6, 6.07) is 10.6. The van der Waals surface area contributed by atoms with Crippen molar-refractivity contribution in [2.75, 3.05) is 13.1 Å². The van der Waals surface area contributed by atoms with Crippen molar-refractivity contribution in [2.45, 2.75) is 45.8 Å². The summed E-state index contributed by atoms with van der Waals surface area (Å²) in [7, 11) is 0. The lowest BCUT2D eigenvalue weighted by molar-refractivity contribution is -0.157. The molecule has 0 amide bonds. The highest BCUT2D eigenvalue weighted by atomic mass is 16.6. The number of hydrogen-bond acceptors (Lipinski definition) is 3. The van der Waals surface area contributed by atoms with Crippen LogP contribution in [0.3, 0.4) is 0 Å². The lowest BCUT2D eigenvalue weighted by atomic mass is 10.0. The van der Waals surface area contributed by atoms with Gasteiger partial charge in [-0.3, -0.25) is 9.69 Å². The molecule has 1 aromatic carbocycles. The second kappa shape index (κ2) is 6.04. The summed E-state index contributed by atoms with van der Waals surface area (Å²) in [5.41, 5.74) is 1.02. The summed E-state index contributed by atoms with van der Waals surface area (Å²) >= 11 is 0. The standard InChI is InChI=1S/C19H27NO2/c1-19(2,3)22-18(21)17-11-16(17)15-9-10-20(13-15)12-14-7-5-4-6-8-14/h4-8,15-17H,9-13H2,1-3H3/t15?,16-,17+/m1/s1. The number of benzene rings is 1. The lowest BCUT2D eigenvalue weighted by Gasteiger charge is -2.20. The van der Waals surface area contributed by atoms with Crippen LogP contribution in [0.5, 0.6) is 0 Å². The highest BCUT2D eigenvalue weighted by molar-refractivity contribution is 5.76. The monoisotopic (exact) mass is 301 g/mol. The summed E-state index contributed by atoms with van der Waals surface area (Å²) in [6.45, 7) is 9.13. The summed E-state index contributed by atoms with van der Waals surface area (Å²) in [4.78, 5) is 14.6. The minimum absolute atomic E-state index is 0.0130. The van der Waals surface area contributed by atoms with E-state index in [1.807, 2.05) is 20.8 Å². The van der Waals surface area contributed by atoms with Gasteiger partial charge in [0.15, 0.2) is 0 Å². The molecule has 0 N–H and O–H groups in total. The first-order valence-electron chi connectivity index (χ1n) is 8.41. The van der Waals surface area contributed by atoms with E-state index in [9.17, 15) is 4.79 Å². The van der Waals surface area contributed by atoms with Gasteiger partial charge in [-0.05, 0) is 57.6 Å². The molecule has 3 atom stereocenters. The lowest BCUT2D eigenvalue weighted by Crippen LogP contribution is -2.26. The third-order valence-corrected chi connectivity index (χ3v) is 4.71. The topological polar surface area (TPSA) is 29.5 Å². The van der Waals surface area contributed by atoms with Crippen LogP contribution >= 0.6 is 0 Å². The van der Waals surface area contributed by atoms with E-state index in [-0.39, 0.29) is 17.5 Å². The molecule has 3 heteroatoms. The Morgan fingerprint density at radius 2 is 2.00 bits per heavy atom. The number of hydrogen-bond donors (Lipinski definition) is 0. The fourth-order valence-electron chi connectivity index (χ4n) is 3.58. The maximum Gasteiger partial charge on any atom is 0.309 e. The number of ether oxygens (including phenoxy) is 1. The van der Waals surface area contributed by atoms with E-state index in [1.54, 1.807) is 0 Å². The van der Waals surface area contributed by atoms with Gasteiger partial charge in [-0.2, -0.15) is 0 Å². The Morgan fingerprint density at radius 3 is 2.68 bits per heavy atom. The van der Waals surface area contributed by atoms with E-state index >= 15 is 0 Å². The van der Waals surface area contributed by atoms with Crippen LogP contribution in [0.1, 0.15) is 39.2 Å². The van der Waals surface area contributed by atoms with Crippen molar-refractivity contribution in [3.63, 3.8) is 0 Å². The molecule has 1 aliphatic carbocycles. The molecule has 1 heterocycles. The van der Waals surface area contributed by atoms with Gasteiger partial charge in [0.1, 0.15) is 5.60 Å². The molecule has 2 aliphatic rings. The van der Waals surface area contributed by atoms with Crippen molar-refractivity contribution in [1.29, 1.82) is 0 Å². The Labute approximate surface area is 133 Å². The number of likely N-dealkylation sites (tertiary alicyclic amines) is 1. The number of carbonyl (C=O) groups excluding carboxylic acids is 1. The van der Waals surface area contributed by atoms with Gasteiger partial charge in [0, 0.05) is 13.1 Å². The highest BCUT2D eigenvalue weighted by Gasteiger charge is 2.50. The van der Waals surface area contributed by atoms with Gasteiger partial charge in [0.05, 0.1) is 5.92 Å². The van der Waals surface area contributed by atoms with E-state index in [0.717, 1.165) is 26.1 Å². The minimum Gasteiger partial charge on any atom is -0.460 e. The summed E-state index contributed by atoms with van der Waals surface area (Å²) in [6.07, 6.45) is 2.25. The zero-order valence-electron chi connectivity index (χ0n) is 13.9. The average Bonchev–Trinajstić information content (AvgIpc) is 3.12. The molecule has 1 saturated heterocycles. The Bertz CT molecular complexity index is 520.